The standard InChI is InChI=1S/C60H78N14O11/c1-34(2)52(59(81)69-35(3)55(77)72-48(27-41-30-63-33-67-41)60(82)74-21-13-16-42(74)31-65-45(54(61)76)22-37-14-9-8-10-15-37)73-56(78)36(4)68-57(79)46(25-39-28-64-44-18-12-11-17-43(39)44)71-58(80)47(26-40-29-62-32-66-40)70-51(75)20-19-38-23-49(83-5)53(85-7)50(24-38)84-6/h8-12,14-15,17-18,23-24,28-30,32-36,42,45-48,52,64-65H,13,16,19-22,25-27,31H2,1-7H3,(H2,61,76)(H,62,66)(H,63,67)(H,68,79)(H,69,81)(H,70,75)(H,71,80)(H,72,77)(H,73,78)/t35-,36+,42-,45+,46+,47+,48+,52+/m1/s1. The molecule has 85 heavy (non-hydrogen) atoms. The van der Waals surface area contributed by atoms with E-state index in [0.717, 1.165) is 16.5 Å². The third kappa shape index (κ3) is 17.4. The summed E-state index contributed by atoms with van der Waals surface area (Å²) < 4.78 is 16.4. The van der Waals surface area contributed by atoms with Crippen LogP contribution in [0.2, 0.25) is 0 Å². The fourth-order valence-electron chi connectivity index (χ4n) is 10.2. The van der Waals surface area contributed by atoms with Gasteiger partial charge in [0.05, 0.1) is 40.0 Å². The van der Waals surface area contributed by atoms with Crippen molar-refractivity contribution in [3.8, 4) is 17.2 Å². The molecule has 1 aliphatic rings. The maximum atomic E-state index is 14.5. The van der Waals surface area contributed by atoms with E-state index in [2.05, 4.69) is 62.1 Å². The number of fused-ring (bicyclic) bond motifs is 1. The number of nitrogens with two attached hydrogens (primary N) is 1. The number of methoxy groups -OCH3 is 3. The first-order chi connectivity index (χ1) is 40.8. The van der Waals surface area contributed by atoms with Crippen LogP contribution in [-0.4, -0.2) is 160 Å². The Labute approximate surface area is 492 Å². The SMILES string of the molecule is COc1cc(CCC(=O)N[C@@H](Cc2cnc[nH]2)C(=O)N[C@@H](Cc2c[nH]c3ccccc23)C(=O)N[C@@H](C)C(=O)N[C@H](C(=O)N[C@H](C)C(=O)N[C@@H](Cc2cnc[nH]2)C(=O)N2CCC[C@@H]2CN[C@@H](Cc2ccccc2)C(N)=O)C(C)C)cc(OC)c1OC. The number of H-pyrrole nitrogens is 3. The third-order valence-electron chi connectivity index (χ3n) is 15.0. The highest BCUT2D eigenvalue weighted by Crippen LogP contribution is 2.38. The molecule has 8 amide bonds. The van der Waals surface area contributed by atoms with E-state index in [0.29, 0.717) is 65.6 Å². The molecule has 0 radical (unpaired) electrons. The molecule has 1 saturated heterocycles. The van der Waals surface area contributed by atoms with E-state index in [1.807, 2.05) is 54.6 Å². The number of imidazole rings is 2. The molecule has 12 N–H and O–H groups in total. The van der Waals surface area contributed by atoms with Crippen molar-refractivity contribution in [1.82, 2.24) is 67.0 Å². The quantitative estimate of drug-likeness (QED) is 0.0295. The lowest BCUT2D eigenvalue weighted by Gasteiger charge is -2.31. The molecule has 6 aromatic rings. The number of amides is 8. The number of aromatic amines is 3. The molecule has 0 unspecified atom stereocenters. The zero-order valence-electron chi connectivity index (χ0n) is 48.9. The third-order valence-corrected chi connectivity index (χ3v) is 15.0. The van der Waals surface area contributed by atoms with E-state index in [1.54, 1.807) is 43.3 Å². The molecule has 0 spiro atoms. The average molecular weight is 1170 g/mol. The predicted octanol–water partition coefficient (Wildman–Crippen LogP) is 1.58. The van der Waals surface area contributed by atoms with Gasteiger partial charge in [0, 0.05) is 85.7 Å². The van der Waals surface area contributed by atoms with Crippen molar-refractivity contribution in [1.29, 1.82) is 0 Å². The molecule has 8 atom stereocenters. The zero-order chi connectivity index (χ0) is 61.2. The molecule has 4 heterocycles. The molecule has 25 heteroatoms. The second kappa shape index (κ2) is 30.3. The molecule has 0 bridgehead atoms. The number of carbonyl (C=O) groups is 8. The maximum Gasteiger partial charge on any atom is 0.245 e. The molecule has 0 aliphatic carbocycles. The van der Waals surface area contributed by atoms with Crippen LogP contribution in [0.3, 0.4) is 0 Å². The highest BCUT2D eigenvalue weighted by Gasteiger charge is 2.37. The van der Waals surface area contributed by atoms with Gasteiger partial charge in [-0.2, -0.15) is 0 Å². The second-order valence-electron chi connectivity index (χ2n) is 21.5. The van der Waals surface area contributed by atoms with E-state index >= 15 is 0 Å². The minimum Gasteiger partial charge on any atom is -0.493 e. The molecular formula is C60H78N14O11. The number of nitrogens with one attached hydrogen (secondary N) is 10. The number of nitrogens with zero attached hydrogens (tertiary/aromatic N) is 3. The van der Waals surface area contributed by atoms with E-state index in [9.17, 15) is 38.4 Å². The summed E-state index contributed by atoms with van der Waals surface area (Å²) in [5, 5.41) is 20.7. The number of hydrogen-bond acceptors (Lipinski definition) is 14. The first kappa shape index (κ1) is 63.3. The summed E-state index contributed by atoms with van der Waals surface area (Å²) >= 11 is 0. The van der Waals surface area contributed by atoms with E-state index in [-0.39, 0.29) is 50.6 Å². The number of hydrogen-bond donors (Lipinski definition) is 11. The summed E-state index contributed by atoms with van der Waals surface area (Å²) in [5.41, 5.74) is 10.00. The molecule has 1 aliphatic heterocycles. The maximum absolute atomic E-state index is 14.5. The highest BCUT2D eigenvalue weighted by molar-refractivity contribution is 5.97. The molecule has 0 saturated carbocycles. The minimum absolute atomic E-state index is 0.0148. The Bertz CT molecular complexity index is 3200. The number of benzene rings is 3. The van der Waals surface area contributed by atoms with Crippen LogP contribution in [0.15, 0.2) is 98.0 Å². The summed E-state index contributed by atoms with van der Waals surface area (Å²) in [6.07, 6.45) is 9.62. The van der Waals surface area contributed by atoms with Gasteiger partial charge < -0.3 is 77.0 Å². The molecule has 25 nitrogen and oxygen atoms in total. The van der Waals surface area contributed by atoms with Gasteiger partial charge in [-0.3, -0.25) is 38.4 Å². The van der Waals surface area contributed by atoms with Gasteiger partial charge in [0.2, 0.25) is 53.0 Å². The Morgan fingerprint density at radius 2 is 1.22 bits per heavy atom. The number of carbonyl (C=O) groups excluding carboxylic acids is 8. The smallest absolute Gasteiger partial charge is 0.245 e. The van der Waals surface area contributed by atoms with Gasteiger partial charge in [-0.15, -0.1) is 0 Å². The number of likely N-dealkylation sites (tertiary alicyclic amines) is 1. The van der Waals surface area contributed by atoms with Crippen molar-refractivity contribution in [2.24, 2.45) is 11.7 Å². The number of aromatic nitrogens is 5. The summed E-state index contributed by atoms with van der Waals surface area (Å²) in [7, 11) is 4.46. The van der Waals surface area contributed by atoms with Crippen molar-refractivity contribution >= 4 is 58.2 Å². The Kier molecular flexibility index (Phi) is 22.6. The monoisotopic (exact) mass is 1170 g/mol. The van der Waals surface area contributed by atoms with Crippen LogP contribution in [0.25, 0.3) is 10.9 Å². The van der Waals surface area contributed by atoms with E-state index in [1.165, 1.54) is 54.0 Å². The van der Waals surface area contributed by atoms with Gasteiger partial charge in [-0.25, -0.2) is 9.97 Å². The molecular weight excluding hydrogens is 1090 g/mol. The number of primary amides is 1. The fraction of sp³-hybridized carbons (Fsp3) is 0.433. The first-order valence-electron chi connectivity index (χ1n) is 28.3. The Morgan fingerprint density at radius 1 is 0.635 bits per heavy atom. The van der Waals surface area contributed by atoms with E-state index in [4.69, 9.17) is 19.9 Å². The van der Waals surface area contributed by atoms with Gasteiger partial charge in [-0.1, -0.05) is 62.4 Å². The summed E-state index contributed by atoms with van der Waals surface area (Å²) in [6, 6.07) is 12.1. The summed E-state index contributed by atoms with van der Waals surface area (Å²) in [4.78, 5) is 130. The summed E-state index contributed by atoms with van der Waals surface area (Å²) in [6.45, 7) is 6.98. The van der Waals surface area contributed by atoms with Crippen LogP contribution in [0.1, 0.15) is 75.0 Å². The number of para-hydroxylation sites is 1. The van der Waals surface area contributed by atoms with Crippen LogP contribution >= 0.6 is 0 Å². The van der Waals surface area contributed by atoms with Crippen molar-refractivity contribution in [3.05, 3.63) is 126 Å². The van der Waals surface area contributed by atoms with Gasteiger partial charge in [0.25, 0.3) is 0 Å². The lowest BCUT2D eigenvalue weighted by molar-refractivity contribution is -0.138. The Morgan fingerprint density at radius 3 is 1.84 bits per heavy atom. The van der Waals surface area contributed by atoms with Crippen LogP contribution in [0.5, 0.6) is 17.2 Å². The van der Waals surface area contributed by atoms with Gasteiger partial charge in [0.1, 0.15) is 36.3 Å². The first-order valence-corrected chi connectivity index (χ1v) is 28.3. The Balaban J connectivity index is 0.993. The molecule has 454 valence electrons. The van der Waals surface area contributed by atoms with Crippen LogP contribution in [-0.2, 0) is 70.5 Å². The predicted molar refractivity (Wildman–Crippen MR) is 315 cm³/mol. The number of aryl methyl sites for hydroxylation is 1. The fourth-order valence-corrected chi connectivity index (χ4v) is 10.2. The Hall–Kier alpha value is -9.26. The minimum atomic E-state index is -1.29. The van der Waals surface area contributed by atoms with Gasteiger partial charge in [0.15, 0.2) is 11.5 Å². The van der Waals surface area contributed by atoms with Crippen molar-refractivity contribution in [2.75, 3.05) is 34.4 Å². The van der Waals surface area contributed by atoms with Crippen LogP contribution < -0.4 is 57.2 Å². The van der Waals surface area contributed by atoms with Gasteiger partial charge in [-0.05, 0) is 80.3 Å². The molecule has 3 aromatic heterocycles. The lowest BCUT2D eigenvalue weighted by atomic mass is 10.0. The highest BCUT2D eigenvalue weighted by atomic mass is 16.5. The lowest BCUT2D eigenvalue weighted by Crippen LogP contribution is -2.60. The second-order valence-corrected chi connectivity index (χ2v) is 21.5. The topological polar surface area (TPSA) is 351 Å². The molecule has 7 rings (SSSR count). The zero-order valence-corrected chi connectivity index (χ0v) is 48.9. The van der Waals surface area contributed by atoms with E-state index < -0.39 is 89.6 Å². The normalized spacial score (nSPS) is 15.5. The average Bonchev–Trinajstić information content (AvgIpc) is 4.53. The largest absolute Gasteiger partial charge is 0.493 e. The molecule has 1 fully saturated rings. The van der Waals surface area contributed by atoms with Crippen LogP contribution in [0, 0.1) is 5.92 Å². The summed E-state index contributed by atoms with van der Waals surface area (Å²) in [5.74, 6) is -4.19. The van der Waals surface area contributed by atoms with Crippen molar-refractivity contribution in [2.45, 2.75) is 127 Å². The number of rotatable bonds is 31. The van der Waals surface area contributed by atoms with Gasteiger partial charge >= 0.3 is 0 Å². The van der Waals surface area contributed by atoms with Crippen LogP contribution in [0.4, 0.5) is 0 Å². The van der Waals surface area contributed by atoms with Crippen molar-refractivity contribution < 1.29 is 52.6 Å². The van der Waals surface area contributed by atoms with Crippen molar-refractivity contribution in [3.63, 3.8) is 0 Å². The molecule has 3 aromatic carbocycles. The number of ether oxygens (including phenoxy) is 3.